The molecule has 0 bridgehead atoms. The topological polar surface area (TPSA) is 92.8 Å². The number of halogens is 1. The Morgan fingerprint density at radius 2 is 1.62 bits per heavy atom. The van der Waals surface area contributed by atoms with E-state index in [0.717, 1.165) is 10.5 Å². The van der Waals surface area contributed by atoms with Crippen LogP contribution in [-0.4, -0.2) is 41.2 Å². The molecule has 0 saturated carbocycles. The van der Waals surface area contributed by atoms with E-state index in [1.165, 1.54) is 43.3 Å². The minimum absolute atomic E-state index is 0.0235. The smallest absolute Gasteiger partial charge is 0.338 e. The molecule has 0 aromatic heterocycles. The summed E-state index contributed by atoms with van der Waals surface area (Å²) >= 11 is 0. The van der Waals surface area contributed by atoms with Crippen molar-refractivity contribution in [3.05, 3.63) is 101 Å². The Morgan fingerprint density at radius 3 is 2.35 bits per heavy atom. The quantitative estimate of drug-likeness (QED) is 0.427. The number of anilines is 1. The molecule has 8 heteroatoms. The molecule has 0 saturated heterocycles. The van der Waals surface area contributed by atoms with E-state index < -0.39 is 35.6 Å². The number of nitrogens with zero attached hydrogens (tertiary/aromatic N) is 1. The summed E-state index contributed by atoms with van der Waals surface area (Å²) < 4.78 is 18.9. The number of ether oxygens (including phenoxy) is 1. The minimum atomic E-state index is -1.22. The molecule has 3 aromatic rings. The van der Waals surface area contributed by atoms with Crippen molar-refractivity contribution in [2.75, 3.05) is 11.9 Å². The maximum Gasteiger partial charge on any atom is 0.338 e. The van der Waals surface area contributed by atoms with Crippen molar-refractivity contribution in [1.82, 2.24) is 4.90 Å². The number of benzene rings is 3. The molecule has 1 heterocycles. The van der Waals surface area contributed by atoms with Crippen LogP contribution in [0, 0.1) is 5.82 Å². The lowest BCUT2D eigenvalue weighted by Gasteiger charge is -2.14. The highest BCUT2D eigenvalue weighted by molar-refractivity contribution is 6.22. The summed E-state index contributed by atoms with van der Waals surface area (Å²) in [4.78, 5) is 51.5. The molecule has 0 unspecified atom stereocenters. The van der Waals surface area contributed by atoms with Gasteiger partial charge in [0.15, 0.2) is 6.10 Å². The number of hydrogen-bond acceptors (Lipinski definition) is 5. The molecule has 0 radical (unpaired) electrons. The average Bonchev–Trinajstić information content (AvgIpc) is 3.08. The Labute approximate surface area is 195 Å². The van der Waals surface area contributed by atoms with Crippen molar-refractivity contribution in [3.8, 4) is 0 Å². The molecule has 1 aliphatic rings. The van der Waals surface area contributed by atoms with E-state index in [4.69, 9.17) is 4.74 Å². The summed E-state index contributed by atoms with van der Waals surface area (Å²) in [5, 5.41) is 2.36. The fraction of sp³-hybridized carbons (Fsp3) is 0.154. The SMILES string of the molecule is C[C@H](OC(=O)c1ccc2c(c1)C(=O)N(CCc1ccccc1)C2=O)C(=O)Nc1ccccc1F. The molecule has 0 fully saturated rings. The van der Waals surface area contributed by atoms with E-state index in [9.17, 15) is 23.6 Å². The van der Waals surface area contributed by atoms with Gasteiger partial charge in [-0.15, -0.1) is 0 Å². The fourth-order valence-electron chi connectivity index (χ4n) is 3.59. The lowest BCUT2D eigenvalue weighted by atomic mass is 10.1. The molecule has 34 heavy (non-hydrogen) atoms. The molecule has 172 valence electrons. The first-order chi connectivity index (χ1) is 16.3. The third kappa shape index (κ3) is 4.71. The number of carbonyl (C=O) groups excluding carboxylic acids is 4. The molecule has 0 spiro atoms. The second-order valence-corrected chi connectivity index (χ2v) is 7.77. The lowest BCUT2D eigenvalue weighted by molar-refractivity contribution is -0.123. The van der Waals surface area contributed by atoms with Gasteiger partial charge in [0.25, 0.3) is 17.7 Å². The van der Waals surface area contributed by atoms with Gasteiger partial charge in [-0.25, -0.2) is 9.18 Å². The third-order valence-electron chi connectivity index (χ3n) is 5.46. The Bertz CT molecular complexity index is 1280. The molecule has 3 amide bonds. The van der Waals surface area contributed by atoms with Gasteiger partial charge >= 0.3 is 5.97 Å². The van der Waals surface area contributed by atoms with Gasteiger partial charge in [-0.1, -0.05) is 42.5 Å². The van der Waals surface area contributed by atoms with Crippen LogP contribution in [0.2, 0.25) is 0 Å². The maximum absolute atomic E-state index is 13.7. The highest BCUT2D eigenvalue weighted by Crippen LogP contribution is 2.25. The molecule has 1 atom stereocenters. The number of fused-ring (bicyclic) bond motifs is 1. The number of rotatable bonds is 7. The van der Waals surface area contributed by atoms with Crippen LogP contribution in [0.15, 0.2) is 72.8 Å². The first kappa shape index (κ1) is 22.8. The molecule has 1 aliphatic heterocycles. The van der Waals surface area contributed by atoms with Crippen LogP contribution in [0.25, 0.3) is 0 Å². The molecular formula is C26H21FN2O5. The average molecular weight is 460 g/mol. The van der Waals surface area contributed by atoms with Gasteiger partial charge in [0, 0.05) is 6.54 Å². The summed E-state index contributed by atoms with van der Waals surface area (Å²) in [5.41, 5.74) is 1.30. The first-order valence-electron chi connectivity index (χ1n) is 10.7. The second-order valence-electron chi connectivity index (χ2n) is 7.77. The summed E-state index contributed by atoms with van der Waals surface area (Å²) in [5.74, 6) is -3.09. The van der Waals surface area contributed by atoms with E-state index in [1.54, 1.807) is 6.07 Å². The highest BCUT2D eigenvalue weighted by atomic mass is 19.1. The summed E-state index contributed by atoms with van der Waals surface area (Å²) in [6.45, 7) is 1.56. The molecule has 4 rings (SSSR count). The lowest BCUT2D eigenvalue weighted by Crippen LogP contribution is -2.31. The zero-order valence-corrected chi connectivity index (χ0v) is 18.3. The van der Waals surface area contributed by atoms with E-state index in [-0.39, 0.29) is 28.9 Å². The summed E-state index contributed by atoms with van der Waals surface area (Å²) in [6.07, 6.45) is -0.712. The van der Waals surface area contributed by atoms with Gasteiger partial charge in [0.1, 0.15) is 5.82 Å². The maximum atomic E-state index is 13.7. The predicted octanol–water partition coefficient (Wildman–Crippen LogP) is 3.85. The van der Waals surface area contributed by atoms with Crippen molar-refractivity contribution < 1.29 is 28.3 Å². The Morgan fingerprint density at radius 1 is 0.941 bits per heavy atom. The van der Waals surface area contributed by atoms with Gasteiger partial charge in [0.05, 0.1) is 22.4 Å². The zero-order valence-electron chi connectivity index (χ0n) is 18.3. The number of imide groups is 1. The largest absolute Gasteiger partial charge is 0.449 e. The Kier molecular flexibility index (Phi) is 6.49. The van der Waals surface area contributed by atoms with Crippen molar-refractivity contribution in [1.29, 1.82) is 0 Å². The van der Waals surface area contributed by atoms with Crippen LogP contribution in [-0.2, 0) is 16.0 Å². The van der Waals surface area contributed by atoms with E-state index in [1.807, 2.05) is 30.3 Å². The van der Waals surface area contributed by atoms with Crippen molar-refractivity contribution in [2.24, 2.45) is 0 Å². The van der Waals surface area contributed by atoms with E-state index >= 15 is 0 Å². The Balaban J connectivity index is 1.42. The van der Waals surface area contributed by atoms with E-state index in [2.05, 4.69) is 5.32 Å². The molecular weight excluding hydrogens is 439 g/mol. The number of carbonyl (C=O) groups is 4. The standard InChI is InChI=1S/C26H21FN2O5/c1-16(23(30)28-22-10-6-5-9-21(22)27)34-26(33)18-11-12-19-20(15-18)25(32)29(24(19)31)14-13-17-7-3-2-4-8-17/h2-12,15-16H,13-14H2,1H3,(H,28,30)/t16-/m0/s1. The van der Waals surface area contributed by atoms with Crippen LogP contribution in [0.4, 0.5) is 10.1 Å². The minimum Gasteiger partial charge on any atom is -0.449 e. The van der Waals surface area contributed by atoms with Gasteiger partial charge in [-0.05, 0) is 49.2 Å². The van der Waals surface area contributed by atoms with Crippen molar-refractivity contribution >= 4 is 29.4 Å². The van der Waals surface area contributed by atoms with Crippen molar-refractivity contribution in [3.63, 3.8) is 0 Å². The number of amides is 3. The van der Waals surface area contributed by atoms with Gasteiger partial charge < -0.3 is 10.1 Å². The van der Waals surface area contributed by atoms with Gasteiger partial charge in [-0.3, -0.25) is 19.3 Å². The second kappa shape index (κ2) is 9.66. The van der Waals surface area contributed by atoms with Gasteiger partial charge in [-0.2, -0.15) is 0 Å². The van der Waals surface area contributed by atoms with Crippen molar-refractivity contribution in [2.45, 2.75) is 19.4 Å². The van der Waals surface area contributed by atoms with Gasteiger partial charge in [0.2, 0.25) is 0 Å². The van der Waals surface area contributed by atoms with E-state index in [0.29, 0.717) is 6.42 Å². The predicted molar refractivity (Wildman–Crippen MR) is 122 cm³/mol. The normalized spacial score (nSPS) is 13.4. The monoisotopic (exact) mass is 460 g/mol. The fourth-order valence-corrected chi connectivity index (χ4v) is 3.59. The highest BCUT2D eigenvalue weighted by Gasteiger charge is 2.36. The first-order valence-corrected chi connectivity index (χ1v) is 10.7. The molecule has 7 nitrogen and oxygen atoms in total. The zero-order chi connectivity index (χ0) is 24.2. The number of esters is 1. The van der Waals surface area contributed by atoms with Crippen LogP contribution in [0.5, 0.6) is 0 Å². The number of para-hydroxylation sites is 1. The number of hydrogen-bond donors (Lipinski definition) is 1. The van der Waals surface area contributed by atoms with Crippen LogP contribution >= 0.6 is 0 Å². The number of nitrogens with one attached hydrogen (secondary N) is 1. The molecule has 3 aromatic carbocycles. The van der Waals surface area contributed by atoms with Crippen LogP contribution in [0.3, 0.4) is 0 Å². The third-order valence-corrected chi connectivity index (χ3v) is 5.46. The summed E-state index contributed by atoms with van der Waals surface area (Å²) in [7, 11) is 0. The van der Waals surface area contributed by atoms with Crippen LogP contribution in [0.1, 0.15) is 43.6 Å². The van der Waals surface area contributed by atoms with Crippen LogP contribution < -0.4 is 5.32 Å². The molecule has 0 aliphatic carbocycles. The molecule has 1 N–H and O–H groups in total. The summed E-state index contributed by atoms with van der Waals surface area (Å²) in [6, 6.07) is 19.2. The Hall–Kier alpha value is -4.33.